The van der Waals surface area contributed by atoms with E-state index < -0.39 is 0 Å². The number of carbonyl (C=O) groups is 2. The second-order valence-electron chi connectivity index (χ2n) is 5.78. The molecule has 2 rings (SSSR count). The molecule has 126 valence electrons. The van der Waals surface area contributed by atoms with Crippen molar-refractivity contribution in [2.45, 2.75) is 26.7 Å². The number of ether oxygens (including phenoxy) is 1. The Morgan fingerprint density at radius 1 is 1.04 bits per heavy atom. The van der Waals surface area contributed by atoms with Gasteiger partial charge in [0.25, 0.3) is 5.91 Å². The van der Waals surface area contributed by atoms with Gasteiger partial charge in [0.1, 0.15) is 0 Å². The molecule has 23 heavy (non-hydrogen) atoms. The van der Waals surface area contributed by atoms with Gasteiger partial charge in [0.05, 0.1) is 13.2 Å². The second kappa shape index (κ2) is 8.67. The van der Waals surface area contributed by atoms with Crippen molar-refractivity contribution in [3.63, 3.8) is 0 Å². The van der Waals surface area contributed by atoms with Crippen LogP contribution < -0.4 is 0 Å². The number of rotatable bonds is 5. The summed E-state index contributed by atoms with van der Waals surface area (Å²) < 4.78 is 4.99. The smallest absolute Gasteiger partial charge is 0.320 e. The summed E-state index contributed by atoms with van der Waals surface area (Å²) in [5, 5.41) is 0. The van der Waals surface area contributed by atoms with Crippen molar-refractivity contribution in [2.75, 3.05) is 39.3 Å². The monoisotopic (exact) mass is 318 g/mol. The molecule has 0 atom stereocenters. The van der Waals surface area contributed by atoms with Crippen LogP contribution in [0.15, 0.2) is 24.3 Å². The van der Waals surface area contributed by atoms with Crippen LogP contribution in [-0.2, 0) is 16.0 Å². The van der Waals surface area contributed by atoms with Crippen LogP contribution in [0.2, 0.25) is 0 Å². The first-order valence-electron chi connectivity index (χ1n) is 8.40. The van der Waals surface area contributed by atoms with E-state index in [4.69, 9.17) is 4.74 Å². The number of esters is 1. The molecule has 5 nitrogen and oxygen atoms in total. The average molecular weight is 318 g/mol. The van der Waals surface area contributed by atoms with Crippen molar-refractivity contribution >= 4 is 11.9 Å². The molecule has 1 aliphatic rings. The predicted molar refractivity (Wildman–Crippen MR) is 89.4 cm³/mol. The van der Waals surface area contributed by atoms with Crippen LogP contribution in [0.25, 0.3) is 0 Å². The van der Waals surface area contributed by atoms with E-state index in [2.05, 4.69) is 11.8 Å². The maximum atomic E-state index is 12.6. The van der Waals surface area contributed by atoms with Crippen LogP contribution in [0.5, 0.6) is 0 Å². The van der Waals surface area contributed by atoms with E-state index in [1.165, 1.54) is 5.56 Å². The average Bonchev–Trinajstić information content (AvgIpc) is 2.80. The Bertz CT molecular complexity index is 528. The lowest BCUT2D eigenvalue weighted by Crippen LogP contribution is -2.37. The molecule has 0 spiro atoms. The van der Waals surface area contributed by atoms with Crippen molar-refractivity contribution in [3.05, 3.63) is 35.4 Å². The van der Waals surface area contributed by atoms with Gasteiger partial charge in [-0.05, 0) is 37.5 Å². The maximum Gasteiger partial charge on any atom is 0.320 e. The fraction of sp³-hybridized carbons (Fsp3) is 0.556. The first kappa shape index (κ1) is 17.5. The molecule has 0 aromatic heterocycles. The number of benzene rings is 1. The van der Waals surface area contributed by atoms with Crippen LogP contribution in [0.1, 0.15) is 36.2 Å². The van der Waals surface area contributed by atoms with E-state index in [0.29, 0.717) is 26.2 Å². The highest BCUT2D eigenvalue weighted by atomic mass is 16.5. The van der Waals surface area contributed by atoms with E-state index >= 15 is 0 Å². The Labute approximate surface area is 138 Å². The third-order valence-electron chi connectivity index (χ3n) is 4.14. The van der Waals surface area contributed by atoms with Crippen molar-refractivity contribution < 1.29 is 14.3 Å². The van der Waals surface area contributed by atoms with E-state index in [0.717, 1.165) is 31.5 Å². The van der Waals surface area contributed by atoms with Crippen LogP contribution in [0.3, 0.4) is 0 Å². The molecule has 0 N–H and O–H groups in total. The predicted octanol–water partition coefficient (Wildman–Crippen LogP) is 1.96. The standard InChI is InChI=1S/C18H26N2O3/c1-3-15-6-8-16(9-7-15)18(22)20-11-5-10-19(12-13-20)14-17(21)23-4-2/h6-9H,3-5,10-14H2,1-2H3. The van der Waals surface area contributed by atoms with Gasteiger partial charge < -0.3 is 9.64 Å². The number of hydrogen-bond acceptors (Lipinski definition) is 4. The lowest BCUT2D eigenvalue weighted by atomic mass is 10.1. The summed E-state index contributed by atoms with van der Waals surface area (Å²) in [4.78, 5) is 28.1. The zero-order valence-corrected chi connectivity index (χ0v) is 14.1. The van der Waals surface area contributed by atoms with Gasteiger partial charge in [0, 0.05) is 31.7 Å². The van der Waals surface area contributed by atoms with Gasteiger partial charge in [-0.2, -0.15) is 0 Å². The number of hydrogen-bond donors (Lipinski definition) is 0. The van der Waals surface area contributed by atoms with E-state index in [9.17, 15) is 9.59 Å². The lowest BCUT2D eigenvalue weighted by molar-refractivity contribution is -0.144. The first-order chi connectivity index (χ1) is 11.1. The molecule has 1 saturated heterocycles. The van der Waals surface area contributed by atoms with Gasteiger partial charge in [-0.15, -0.1) is 0 Å². The Morgan fingerprint density at radius 2 is 1.78 bits per heavy atom. The number of carbonyl (C=O) groups excluding carboxylic acids is 2. The molecular weight excluding hydrogens is 292 g/mol. The number of amides is 1. The van der Waals surface area contributed by atoms with Gasteiger partial charge in [0.15, 0.2) is 0 Å². The summed E-state index contributed by atoms with van der Waals surface area (Å²) in [5.74, 6) is -0.118. The molecule has 1 aromatic carbocycles. The minimum Gasteiger partial charge on any atom is -0.465 e. The summed E-state index contributed by atoms with van der Waals surface area (Å²) in [6, 6.07) is 7.83. The minimum absolute atomic E-state index is 0.0747. The Morgan fingerprint density at radius 3 is 2.43 bits per heavy atom. The summed E-state index contributed by atoms with van der Waals surface area (Å²) in [6.07, 6.45) is 1.85. The molecule has 1 aliphatic heterocycles. The van der Waals surface area contributed by atoms with Crippen LogP contribution in [0.4, 0.5) is 0 Å². The molecule has 0 unspecified atom stereocenters. The topological polar surface area (TPSA) is 49.9 Å². The number of nitrogens with zero attached hydrogens (tertiary/aromatic N) is 2. The number of aryl methyl sites for hydroxylation is 1. The quantitative estimate of drug-likeness (QED) is 0.779. The molecule has 1 aromatic rings. The highest BCUT2D eigenvalue weighted by Gasteiger charge is 2.21. The summed E-state index contributed by atoms with van der Waals surface area (Å²) in [5.41, 5.74) is 1.97. The van der Waals surface area contributed by atoms with Crippen molar-refractivity contribution in [2.24, 2.45) is 0 Å². The molecule has 0 bridgehead atoms. The molecule has 0 aliphatic carbocycles. The highest BCUT2D eigenvalue weighted by molar-refractivity contribution is 5.94. The van der Waals surface area contributed by atoms with Crippen molar-refractivity contribution in [1.29, 1.82) is 0 Å². The van der Waals surface area contributed by atoms with Crippen molar-refractivity contribution in [3.8, 4) is 0 Å². The Kier molecular flexibility index (Phi) is 6.59. The van der Waals surface area contributed by atoms with Crippen LogP contribution in [0, 0.1) is 0 Å². The molecule has 0 radical (unpaired) electrons. The summed E-state index contributed by atoms with van der Waals surface area (Å²) >= 11 is 0. The molecule has 5 heteroatoms. The first-order valence-corrected chi connectivity index (χ1v) is 8.40. The fourth-order valence-corrected chi connectivity index (χ4v) is 2.79. The van der Waals surface area contributed by atoms with Crippen molar-refractivity contribution in [1.82, 2.24) is 9.80 Å². The Balaban J connectivity index is 1.91. The second-order valence-corrected chi connectivity index (χ2v) is 5.78. The summed E-state index contributed by atoms with van der Waals surface area (Å²) in [6.45, 7) is 7.52. The zero-order valence-electron chi connectivity index (χ0n) is 14.1. The van der Waals surface area contributed by atoms with Gasteiger partial charge >= 0.3 is 5.97 Å². The maximum absolute atomic E-state index is 12.6. The summed E-state index contributed by atoms with van der Waals surface area (Å²) in [7, 11) is 0. The Hall–Kier alpha value is -1.88. The van der Waals surface area contributed by atoms with Gasteiger partial charge in [-0.25, -0.2) is 0 Å². The zero-order chi connectivity index (χ0) is 16.7. The lowest BCUT2D eigenvalue weighted by Gasteiger charge is -2.21. The SMILES string of the molecule is CCOC(=O)CN1CCCN(C(=O)c2ccc(CC)cc2)CC1. The van der Waals surface area contributed by atoms with Crippen LogP contribution >= 0.6 is 0 Å². The van der Waals surface area contributed by atoms with E-state index in [1.807, 2.05) is 36.1 Å². The molecule has 1 fully saturated rings. The van der Waals surface area contributed by atoms with Gasteiger partial charge in [-0.1, -0.05) is 19.1 Å². The molecule has 0 saturated carbocycles. The minimum atomic E-state index is -0.192. The van der Waals surface area contributed by atoms with Crippen LogP contribution in [-0.4, -0.2) is 61.0 Å². The third-order valence-corrected chi connectivity index (χ3v) is 4.14. The largest absolute Gasteiger partial charge is 0.465 e. The van der Waals surface area contributed by atoms with E-state index in [1.54, 1.807) is 0 Å². The normalized spacial score (nSPS) is 16.0. The molecule has 1 amide bonds. The van der Waals surface area contributed by atoms with E-state index in [-0.39, 0.29) is 11.9 Å². The van der Waals surface area contributed by atoms with Gasteiger partial charge in [0.2, 0.25) is 0 Å². The molecular formula is C18H26N2O3. The highest BCUT2D eigenvalue weighted by Crippen LogP contribution is 2.11. The molecule has 1 heterocycles. The fourth-order valence-electron chi connectivity index (χ4n) is 2.79. The third kappa shape index (κ3) is 5.06. The van der Waals surface area contributed by atoms with Gasteiger partial charge in [-0.3, -0.25) is 14.5 Å².